The van der Waals surface area contributed by atoms with Crippen molar-refractivity contribution >= 4 is 33.5 Å². The second-order valence-electron chi connectivity index (χ2n) is 4.44. The molecule has 7 heteroatoms. The number of hydrogen-bond donors (Lipinski definition) is 2. The molecule has 0 aromatic heterocycles. The molecular weight excluding hydrogens is 364 g/mol. The van der Waals surface area contributed by atoms with E-state index >= 15 is 0 Å². The molecule has 0 unspecified atom stereocenters. The summed E-state index contributed by atoms with van der Waals surface area (Å²) in [5.74, 6) is -1.66. The van der Waals surface area contributed by atoms with Crippen molar-refractivity contribution in [2.75, 3.05) is 11.9 Å². The van der Waals surface area contributed by atoms with Crippen LogP contribution in [0.15, 0.2) is 46.9 Å². The molecule has 0 fully saturated rings. The number of hydrogen-bond acceptors (Lipinski definition) is 5. The van der Waals surface area contributed by atoms with Crippen LogP contribution in [0.5, 0.6) is 5.75 Å². The molecule has 2 aromatic rings. The van der Waals surface area contributed by atoms with Crippen molar-refractivity contribution < 1.29 is 19.4 Å². The first-order valence-corrected chi connectivity index (χ1v) is 7.25. The Kier molecular flexibility index (Phi) is 5.33. The van der Waals surface area contributed by atoms with Crippen LogP contribution in [0.3, 0.4) is 0 Å². The number of phenols is 1. The SMILES string of the molecule is N#Cc1ccccc1NC(=O)COC(=O)c1cc(Br)ccc1O. The average Bonchev–Trinajstić information content (AvgIpc) is 2.55. The van der Waals surface area contributed by atoms with Gasteiger partial charge in [0.15, 0.2) is 6.61 Å². The summed E-state index contributed by atoms with van der Waals surface area (Å²) in [5.41, 5.74) is 0.586. The van der Waals surface area contributed by atoms with Crippen molar-refractivity contribution in [2.24, 2.45) is 0 Å². The number of nitriles is 1. The lowest BCUT2D eigenvalue weighted by molar-refractivity contribution is -0.119. The number of phenolic OH excluding ortho intramolecular Hbond substituents is 1. The highest BCUT2D eigenvalue weighted by Gasteiger charge is 2.15. The summed E-state index contributed by atoms with van der Waals surface area (Å²) in [6.07, 6.45) is 0. The maximum Gasteiger partial charge on any atom is 0.342 e. The maximum atomic E-state index is 11.9. The number of rotatable bonds is 4. The molecule has 1 amide bonds. The lowest BCUT2D eigenvalue weighted by Gasteiger charge is -2.08. The monoisotopic (exact) mass is 374 g/mol. The third-order valence-electron chi connectivity index (χ3n) is 2.83. The molecule has 0 saturated heterocycles. The van der Waals surface area contributed by atoms with Crippen LogP contribution in [0, 0.1) is 11.3 Å². The third-order valence-corrected chi connectivity index (χ3v) is 3.33. The van der Waals surface area contributed by atoms with Crippen molar-refractivity contribution in [1.29, 1.82) is 5.26 Å². The van der Waals surface area contributed by atoms with Crippen molar-refractivity contribution in [3.05, 3.63) is 58.1 Å². The third kappa shape index (κ3) is 4.31. The Balaban J connectivity index is 1.98. The molecule has 0 atom stereocenters. The van der Waals surface area contributed by atoms with E-state index in [1.165, 1.54) is 12.1 Å². The van der Waals surface area contributed by atoms with Crippen LogP contribution < -0.4 is 5.32 Å². The van der Waals surface area contributed by atoms with E-state index in [0.717, 1.165) is 0 Å². The van der Waals surface area contributed by atoms with Gasteiger partial charge >= 0.3 is 5.97 Å². The summed E-state index contributed by atoms with van der Waals surface area (Å²) in [6.45, 7) is -0.537. The molecular formula is C16H11BrN2O4. The van der Waals surface area contributed by atoms with E-state index < -0.39 is 18.5 Å². The van der Waals surface area contributed by atoms with Gasteiger partial charge in [-0.15, -0.1) is 0 Å². The van der Waals surface area contributed by atoms with Gasteiger partial charge in [0.1, 0.15) is 17.4 Å². The molecule has 2 aromatic carbocycles. The molecule has 23 heavy (non-hydrogen) atoms. The number of nitrogens with zero attached hydrogens (tertiary/aromatic N) is 1. The fourth-order valence-electron chi connectivity index (χ4n) is 1.76. The fourth-order valence-corrected chi connectivity index (χ4v) is 2.12. The largest absolute Gasteiger partial charge is 0.507 e. The van der Waals surface area contributed by atoms with Crippen LogP contribution in [0.25, 0.3) is 0 Å². The number of amides is 1. The van der Waals surface area contributed by atoms with E-state index in [1.54, 1.807) is 30.3 Å². The predicted octanol–water partition coefficient (Wildman–Crippen LogP) is 2.82. The standard InChI is InChI=1S/C16H11BrN2O4/c17-11-5-6-14(20)12(7-11)16(22)23-9-15(21)19-13-4-2-1-3-10(13)8-18/h1-7,20H,9H2,(H,19,21). The zero-order chi connectivity index (χ0) is 16.8. The van der Waals surface area contributed by atoms with Gasteiger partial charge in [-0.05, 0) is 30.3 Å². The molecule has 0 spiro atoms. The first kappa shape index (κ1) is 16.5. The number of esters is 1. The topological polar surface area (TPSA) is 99.4 Å². The summed E-state index contributed by atoms with van der Waals surface area (Å²) in [5, 5.41) is 21.0. The highest BCUT2D eigenvalue weighted by atomic mass is 79.9. The molecule has 6 nitrogen and oxygen atoms in total. The number of aromatic hydroxyl groups is 1. The molecule has 0 bridgehead atoms. The van der Waals surface area contributed by atoms with Gasteiger partial charge in [0.2, 0.25) is 0 Å². The number of carbonyl (C=O) groups is 2. The number of ether oxygens (including phenoxy) is 1. The Labute approximate surface area is 140 Å². The number of benzene rings is 2. The molecule has 0 heterocycles. The molecule has 2 rings (SSSR count). The molecule has 116 valence electrons. The zero-order valence-electron chi connectivity index (χ0n) is 11.7. The first-order chi connectivity index (χ1) is 11.0. The van der Waals surface area contributed by atoms with Crippen LogP contribution >= 0.6 is 15.9 Å². The van der Waals surface area contributed by atoms with Crippen LogP contribution in [0.2, 0.25) is 0 Å². The van der Waals surface area contributed by atoms with E-state index in [9.17, 15) is 14.7 Å². The van der Waals surface area contributed by atoms with Crippen molar-refractivity contribution in [3.8, 4) is 11.8 Å². The fraction of sp³-hybridized carbons (Fsp3) is 0.0625. The maximum absolute atomic E-state index is 11.9. The summed E-state index contributed by atoms with van der Waals surface area (Å²) in [6, 6.07) is 12.7. The van der Waals surface area contributed by atoms with E-state index in [1.807, 2.05) is 6.07 Å². The molecule has 2 N–H and O–H groups in total. The summed E-state index contributed by atoms with van der Waals surface area (Å²) in [7, 11) is 0. The Morgan fingerprint density at radius 3 is 2.74 bits per heavy atom. The van der Waals surface area contributed by atoms with Gasteiger partial charge in [-0.2, -0.15) is 5.26 Å². The number of nitrogens with one attached hydrogen (secondary N) is 1. The van der Waals surface area contributed by atoms with Crippen LogP contribution in [-0.4, -0.2) is 23.6 Å². The summed E-state index contributed by atoms with van der Waals surface area (Å²) >= 11 is 3.18. The highest BCUT2D eigenvalue weighted by Crippen LogP contribution is 2.22. The number of para-hydroxylation sites is 1. The van der Waals surface area contributed by atoms with Gasteiger partial charge in [-0.25, -0.2) is 4.79 Å². The summed E-state index contributed by atoms with van der Waals surface area (Å²) in [4.78, 5) is 23.7. The second kappa shape index (κ2) is 7.42. The number of carbonyl (C=O) groups excluding carboxylic acids is 2. The minimum absolute atomic E-state index is 0.0513. The van der Waals surface area contributed by atoms with Crippen LogP contribution in [-0.2, 0) is 9.53 Å². The minimum Gasteiger partial charge on any atom is -0.507 e. The van der Waals surface area contributed by atoms with Gasteiger partial charge in [-0.1, -0.05) is 28.1 Å². The Hall–Kier alpha value is -2.85. The number of halogens is 1. The summed E-state index contributed by atoms with van der Waals surface area (Å²) < 4.78 is 5.45. The van der Waals surface area contributed by atoms with Crippen molar-refractivity contribution in [3.63, 3.8) is 0 Å². The molecule has 0 radical (unpaired) electrons. The Morgan fingerprint density at radius 2 is 2.00 bits per heavy atom. The average molecular weight is 375 g/mol. The molecule has 0 saturated carbocycles. The lowest BCUT2D eigenvalue weighted by Crippen LogP contribution is -2.21. The second-order valence-corrected chi connectivity index (χ2v) is 5.36. The van der Waals surface area contributed by atoms with E-state index in [2.05, 4.69) is 21.2 Å². The van der Waals surface area contributed by atoms with Crippen LogP contribution in [0.4, 0.5) is 5.69 Å². The minimum atomic E-state index is -0.826. The van der Waals surface area contributed by atoms with E-state index in [-0.39, 0.29) is 11.3 Å². The van der Waals surface area contributed by atoms with Gasteiger partial charge in [0, 0.05) is 4.47 Å². The van der Waals surface area contributed by atoms with Gasteiger partial charge < -0.3 is 15.2 Å². The predicted molar refractivity (Wildman–Crippen MR) is 85.9 cm³/mol. The van der Waals surface area contributed by atoms with Gasteiger partial charge in [0.05, 0.1) is 11.3 Å². The molecule has 0 aliphatic rings. The number of anilines is 1. The van der Waals surface area contributed by atoms with Gasteiger partial charge in [0.25, 0.3) is 5.91 Å². The zero-order valence-corrected chi connectivity index (χ0v) is 13.3. The normalized spacial score (nSPS) is 9.74. The first-order valence-electron chi connectivity index (χ1n) is 6.46. The molecule has 0 aliphatic heterocycles. The Morgan fingerprint density at radius 1 is 1.26 bits per heavy atom. The van der Waals surface area contributed by atoms with Crippen LogP contribution in [0.1, 0.15) is 15.9 Å². The smallest absolute Gasteiger partial charge is 0.342 e. The van der Waals surface area contributed by atoms with Gasteiger partial charge in [-0.3, -0.25) is 4.79 Å². The van der Waals surface area contributed by atoms with Crippen molar-refractivity contribution in [2.45, 2.75) is 0 Å². The Bertz CT molecular complexity index is 799. The lowest BCUT2D eigenvalue weighted by atomic mass is 10.2. The highest BCUT2D eigenvalue weighted by molar-refractivity contribution is 9.10. The van der Waals surface area contributed by atoms with Crippen molar-refractivity contribution in [1.82, 2.24) is 0 Å². The molecule has 0 aliphatic carbocycles. The quantitative estimate of drug-likeness (QED) is 0.801. The van der Waals surface area contributed by atoms with E-state index in [4.69, 9.17) is 10.00 Å². The van der Waals surface area contributed by atoms with E-state index in [0.29, 0.717) is 15.7 Å².